The molecule has 4 nitrogen and oxygen atoms in total. The predicted molar refractivity (Wildman–Crippen MR) is 65.7 cm³/mol. The van der Waals surface area contributed by atoms with Gasteiger partial charge >= 0.3 is 0 Å². The zero-order chi connectivity index (χ0) is 11.7. The van der Waals surface area contributed by atoms with Gasteiger partial charge in [-0.15, -0.1) is 0 Å². The van der Waals surface area contributed by atoms with Gasteiger partial charge in [0.05, 0.1) is 0 Å². The van der Waals surface area contributed by atoms with Crippen LogP contribution in [0.25, 0.3) is 11.1 Å². The molecule has 0 radical (unpaired) electrons. The van der Waals surface area contributed by atoms with Gasteiger partial charge in [0.2, 0.25) is 0 Å². The van der Waals surface area contributed by atoms with Crippen LogP contribution in [0.1, 0.15) is 17.0 Å². The number of rotatable bonds is 3. The molecule has 4 heteroatoms. The Bertz CT molecular complexity index is 612. The third-order valence-corrected chi connectivity index (χ3v) is 3.02. The minimum absolute atomic E-state index is 0.191. The molecule has 2 heterocycles. The summed E-state index contributed by atoms with van der Waals surface area (Å²) < 4.78 is 5.31. The van der Waals surface area contributed by atoms with Crippen LogP contribution in [0.5, 0.6) is 0 Å². The molecule has 1 unspecified atom stereocenters. The Morgan fingerprint density at radius 1 is 1.29 bits per heavy atom. The SMILES string of the molecule is NCC(c1cc[nH]c1)c1ccc2ncoc2c1. The lowest BCUT2D eigenvalue weighted by Gasteiger charge is -2.13. The maximum Gasteiger partial charge on any atom is 0.181 e. The summed E-state index contributed by atoms with van der Waals surface area (Å²) in [6, 6.07) is 8.06. The van der Waals surface area contributed by atoms with E-state index in [1.54, 1.807) is 0 Å². The highest BCUT2D eigenvalue weighted by atomic mass is 16.3. The molecule has 0 aliphatic heterocycles. The fourth-order valence-corrected chi connectivity index (χ4v) is 2.11. The Balaban J connectivity index is 2.06. The number of nitrogens with two attached hydrogens (primary N) is 1. The fraction of sp³-hybridized carbons (Fsp3) is 0.154. The Morgan fingerprint density at radius 3 is 3.00 bits per heavy atom. The monoisotopic (exact) mass is 227 g/mol. The number of hydrogen-bond acceptors (Lipinski definition) is 3. The largest absolute Gasteiger partial charge is 0.443 e. The van der Waals surface area contributed by atoms with E-state index in [0.717, 1.165) is 16.7 Å². The van der Waals surface area contributed by atoms with E-state index in [1.807, 2.05) is 30.6 Å². The van der Waals surface area contributed by atoms with Gasteiger partial charge in [0.1, 0.15) is 5.52 Å². The van der Waals surface area contributed by atoms with Crippen molar-refractivity contribution in [2.75, 3.05) is 6.54 Å². The van der Waals surface area contributed by atoms with Gasteiger partial charge in [0.15, 0.2) is 12.0 Å². The molecule has 0 spiro atoms. The molecule has 3 N–H and O–H groups in total. The van der Waals surface area contributed by atoms with Crippen LogP contribution in [-0.4, -0.2) is 16.5 Å². The average molecular weight is 227 g/mol. The second kappa shape index (κ2) is 4.07. The lowest BCUT2D eigenvalue weighted by Crippen LogP contribution is -2.13. The first kappa shape index (κ1) is 10.1. The minimum Gasteiger partial charge on any atom is -0.443 e. The lowest BCUT2D eigenvalue weighted by molar-refractivity contribution is 0.601. The summed E-state index contributed by atoms with van der Waals surface area (Å²) in [5.74, 6) is 0.191. The topological polar surface area (TPSA) is 67.8 Å². The van der Waals surface area contributed by atoms with Gasteiger partial charge in [0, 0.05) is 24.9 Å². The zero-order valence-electron chi connectivity index (χ0n) is 9.26. The molecule has 0 saturated heterocycles. The Kier molecular flexibility index (Phi) is 2.42. The van der Waals surface area contributed by atoms with Crippen LogP contribution in [0.15, 0.2) is 47.5 Å². The number of aromatic nitrogens is 2. The predicted octanol–water partition coefficient (Wildman–Crippen LogP) is 2.25. The highest BCUT2D eigenvalue weighted by Gasteiger charge is 2.14. The second-order valence-corrected chi connectivity index (χ2v) is 4.01. The molecule has 3 rings (SSSR count). The minimum atomic E-state index is 0.191. The summed E-state index contributed by atoms with van der Waals surface area (Å²) >= 11 is 0. The average Bonchev–Trinajstić information content (AvgIpc) is 2.99. The number of hydrogen-bond donors (Lipinski definition) is 2. The summed E-state index contributed by atoms with van der Waals surface area (Å²) in [5, 5.41) is 0. The first-order valence-electron chi connectivity index (χ1n) is 5.54. The van der Waals surface area contributed by atoms with Crippen molar-refractivity contribution in [3.63, 3.8) is 0 Å². The van der Waals surface area contributed by atoms with Gasteiger partial charge in [-0.2, -0.15) is 0 Å². The molecule has 17 heavy (non-hydrogen) atoms. The lowest BCUT2D eigenvalue weighted by atomic mass is 9.93. The molecule has 1 atom stereocenters. The quantitative estimate of drug-likeness (QED) is 0.721. The van der Waals surface area contributed by atoms with Crippen molar-refractivity contribution < 1.29 is 4.42 Å². The summed E-state index contributed by atoms with van der Waals surface area (Å²) in [6.45, 7) is 0.567. The first-order valence-corrected chi connectivity index (χ1v) is 5.54. The normalized spacial score (nSPS) is 13.0. The molecular formula is C13H13N3O. The Hall–Kier alpha value is -2.07. The van der Waals surface area contributed by atoms with Crippen LogP contribution in [0.4, 0.5) is 0 Å². The number of H-pyrrole nitrogens is 1. The van der Waals surface area contributed by atoms with Gasteiger partial charge in [-0.1, -0.05) is 6.07 Å². The van der Waals surface area contributed by atoms with Crippen molar-refractivity contribution in [1.82, 2.24) is 9.97 Å². The van der Waals surface area contributed by atoms with Crippen LogP contribution in [-0.2, 0) is 0 Å². The van der Waals surface area contributed by atoms with Crippen molar-refractivity contribution in [2.24, 2.45) is 5.73 Å². The Morgan fingerprint density at radius 2 is 2.24 bits per heavy atom. The van der Waals surface area contributed by atoms with Crippen molar-refractivity contribution in [1.29, 1.82) is 0 Å². The molecule has 86 valence electrons. The highest BCUT2D eigenvalue weighted by Crippen LogP contribution is 2.26. The van der Waals surface area contributed by atoms with Crippen LogP contribution in [0.3, 0.4) is 0 Å². The molecular weight excluding hydrogens is 214 g/mol. The van der Waals surface area contributed by atoms with Crippen molar-refractivity contribution in [2.45, 2.75) is 5.92 Å². The summed E-state index contributed by atoms with van der Waals surface area (Å²) in [4.78, 5) is 7.16. The standard InChI is InChI=1S/C13H13N3O/c14-6-11(10-3-4-15-7-10)9-1-2-12-13(5-9)17-8-16-12/h1-5,7-8,11,15H,6,14H2. The summed E-state index contributed by atoms with van der Waals surface area (Å²) in [7, 11) is 0. The van der Waals surface area contributed by atoms with Crippen molar-refractivity contribution in [3.8, 4) is 0 Å². The van der Waals surface area contributed by atoms with Gasteiger partial charge in [-0.05, 0) is 29.3 Å². The number of fused-ring (bicyclic) bond motifs is 1. The third-order valence-electron chi connectivity index (χ3n) is 3.02. The second-order valence-electron chi connectivity index (χ2n) is 4.01. The zero-order valence-corrected chi connectivity index (χ0v) is 9.26. The van der Waals surface area contributed by atoms with E-state index in [4.69, 9.17) is 10.2 Å². The smallest absolute Gasteiger partial charge is 0.181 e. The van der Waals surface area contributed by atoms with Gasteiger partial charge in [0.25, 0.3) is 0 Å². The van der Waals surface area contributed by atoms with Gasteiger partial charge in [-0.3, -0.25) is 0 Å². The number of nitrogens with one attached hydrogen (secondary N) is 1. The van der Waals surface area contributed by atoms with Crippen LogP contribution in [0.2, 0.25) is 0 Å². The fourth-order valence-electron chi connectivity index (χ4n) is 2.11. The molecule has 3 aromatic rings. The van der Waals surface area contributed by atoms with Crippen molar-refractivity contribution in [3.05, 3.63) is 54.2 Å². The number of benzene rings is 1. The maximum atomic E-state index is 5.86. The van der Waals surface area contributed by atoms with Crippen LogP contribution >= 0.6 is 0 Å². The molecule has 0 aliphatic rings. The van der Waals surface area contributed by atoms with E-state index in [9.17, 15) is 0 Å². The first-order chi connectivity index (χ1) is 8.38. The van der Waals surface area contributed by atoms with E-state index >= 15 is 0 Å². The van der Waals surface area contributed by atoms with Gasteiger partial charge in [-0.25, -0.2) is 4.98 Å². The van der Waals surface area contributed by atoms with Gasteiger partial charge < -0.3 is 15.1 Å². The molecule has 0 bridgehead atoms. The molecule has 0 aliphatic carbocycles. The molecule has 2 aromatic heterocycles. The van der Waals surface area contributed by atoms with Crippen LogP contribution < -0.4 is 5.73 Å². The van der Waals surface area contributed by atoms with Crippen LogP contribution in [0, 0.1) is 0 Å². The maximum absolute atomic E-state index is 5.86. The molecule has 1 aromatic carbocycles. The number of aromatic amines is 1. The van der Waals surface area contributed by atoms with E-state index in [-0.39, 0.29) is 5.92 Å². The van der Waals surface area contributed by atoms with E-state index in [1.165, 1.54) is 12.0 Å². The Labute approximate surface area is 98.5 Å². The highest BCUT2D eigenvalue weighted by molar-refractivity contribution is 5.73. The van der Waals surface area contributed by atoms with E-state index in [0.29, 0.717) is 6.54 Å². The molecule has 0 amide bonds. The third kappa shape index (κ3) is 1.72. The molecule has 0 fully saturated rings. The number of oxazole rings is 1. The van der Waals surface area contributed by atoms with Crippen molar-refractivity contribution >= 4 is 11.1 Å². The van der Waals surface area contributed by atoms with E-state index in [2.05, 4.69) is 16.0 Å². The molecule has 0 saturated carbocycles. The summed E-state index contributed by atoms with van der Waals surface area (Å²) in [5.41, 5.74) is 9.87. The summed E-state index contributed by atoms with van der Waals surface area (Å²) in [6.07, 6.45) is 5.34. The number of nitrogens with zero attached hydrogens (tertiary/aromatic N) is 1. The van der Waals surface area contributed by atoms with E-state index < -0.39 is 0 Å².